The number of hydrogen-bond acceptors (Lipinski definition) is 1. The summed E-state index contributed by atoms with van der Waals surface area (Å²) in [5, 5.41) is 7.47. The Hall–Kier alpha value is -4.17. The van der Waals surface area contributed by atoms with Crippen molar-refractivity contribution in [3.05, 3.63) is 101 Å². The van der Waals surface area contributed by atoms with Crippen LogP contribution < -0.4 is 9.30 Å². The molecule has 0 amide bonds. The molecule has 2 heterocycles. The van der Waals surface area contributed by atoms with Gasteiger partial charge in [0.1, 0.15) is 18.5 Å². The predicted octanol–water partition coefficient (Wildman–Crippen LogP) is 8.95. The molecule has 1 aromatic heterocycles. The second kappa shape index (κ2) is 7.66. The van der Waals surface area contributed by atoms with E-state index in [-0.39, 0.29) is 0 Å². The fourth-order valence-corrected chi connectivity index (χ4v) is 6.76. The summed E-state index contributed by atoms with van der Waals surface area (Å²) >= 11 is 0. The summed E-state index contributed by atoms with van der Waals surface area (Å²) in [4.78, 5) is 0. The Morgan fingerprint density at radius 3 is 2.03 bits per heavy atom. The second-order valence-electron chi connectivity index (χ2n) is 10.7. The Kier molecular flexibility index (Phi) is 4.57. The maximum Gasteiger partial charge on any atom is 0.228 e. The van der Waals surface area contributed by atoms with E-state index < -0.39 is 0 Å². The highest BCUT2D eigenvalue weighted by Crippen LogP contribution is 2.52. The van der Waals surface area contributed by atoms with Crippen LogP contribution in [0.1, 0.15) is 27.8 Å². The molecular weight excluding hydrogens is 450 g/mol. The maximum atomic E-state index is 6.89. The molecule has 7 rings (SSSR count). The number of nitrogens with zero attached hydrogens (tertiary/aromatic N) is 1. The van der Waals surface area contributed by atoms with Crippen molar-refractivity contribution >= 4 is 32.3 Å². The fourth-order valence-electron chi connectivity index (χ4n) is 6.76. The van der Waals surface area contributed by atoms with Gasteiger partial charge in [-0.05, 0) is 90.0 Å². The van der Waals surface area contributed by atoms with Crippen LogP contribution in [-0.2, 0) is 7.05 Å². The molecule has 0 radical (unpaired) electrons. The molecule has 2 heteroatoms. The van der Waals surface area contributed by atoms with E-state index in [1.807, 2.05) is 0 Å². The average molecular weight is 481 g/mol. The molecule has 0 N–H and O–H groups in total. The lowest BCUT2D eigenvalue weighted by Crippen LogP contribution is -2.32. The zero-order valence-electron chi connectivity index (χ0n) is 22.3. The highest BCUT2D eigenvalue weighted by atomic mass is 16.5. The molecule has 0 unspecified atom stereocenters. The first-order valence-corrected chi connectivity index (χ1v) is 13.0. The highest BCUT2D eigenvalue weighted by Gasteiger charge is 2.32. The van der Waals surface area contributed by atoms with Crippen molar-refractivity contribution in [3.8, 4) is 33.9 Å². The molecule has 5 aromatic carbocycles. The fraction of sp³-hybridized carbons (Fsp3) is 0.171. The summed E-state index contributed by atoms with van der Waals surface area (Å²) in [5.74, 6) is 1.92. The molecular formula is C35H30NO+. The quantitative estimate of drug-likeness (QED) is 0.169. The molecule has 1 aliphatic rings. The van der Waals surface area contributed by atoms with Crippen LogP contribution in [0.4, 0.5) is 0 Å². The number of ether oxygens (including phenoxy) is 1. The lowest BCUT2D eigenvalue weighted by Gasteiger charge is -2.25. The summed E-state index contributed by atoms with van der Waals surface area (Å²) in [6.07, 6.45) is 2.20. The van der Waals surface area contributed by atoms with Gasteiger partial charge in [0.2, 0.25) is 5.69 Å². The van der Waals surface area contributed by atoms with Crippen LogP contribution in [0, 0.1) is 34.6 Å². The summed E-state index contributed by atoms with van der Waals surface area (Å²) in [6.45, 7) is 11.0. The topological polar surface area (TPSA) is 13.1 Å². The van der Waals surface area contributed by atoms with Crippen LogP contribution in [0.15, 0.2) is 72.9 Å². The molecule has 0 fully saturated rings. The summed E-state index contributed by atoms with van der Waals surface area (Å²) < 4.78 is 9.15. The van der Waals surface area contributed by atoms with Gasteiger partial charge < -0.3 is 4.74 Å². The van der Waals surface area contributed by atoms with Crippen molar-refractivity contribution in [3.63, 3.8) is 0 Å². The third-order valence-corrected chi connectivity index (χ3v) is 8.31. The number of hydrogen-bond donors (Lipinski definition) is 0. The van der Waals surface area contributed by atoms with Crippen molar-refractivity contribution in [1.82, 2.24) is 0 Å². The Morgan fingerprint density at radius 1 is 0.622 bits per heavy atom. The Bertz CT molecular complexity index is 1940. The normalized spacial score (nSPS) is 12.3. The van der Waals surface area contributed by atoms with E-state index in [2.05, 4.69) is 119 Å². The van der Waals surface area contributed by atoms with E-state index in [0.717, 1.165) is 11.5 Å². The zero-order chi connectivity index (χ0) is 25.6. The van der Waals surface area contributed by atoms with Crippen LogP contribution in [0.3, 0.4) is 0 Å². The third kappa shape index (κ3) is 2.96. The van der Waals surface area contributed by atoms with E-state index in [4.69, 9.17) is 4.74 Å². The van der Waals surface area contributed by atoms with Crippen LogP contribution in [0.25, 0.3) is 54.7 Å². The molecule has 0 spiro atoms. The number of fused-ring (bicyclic) bond motifs is 5. The van der Waals surface area contributed by atoms with E-state index in [9.17, 15) is 0 Å². The highest BCUT2D eigenvalue weighted by molar-refractivity contribution is 6.19. The van der Waals surface area contributed by atoms with Crippen molar-refractivity contribution in [2.24, 2.45) is 7.05 Å². The van der Waals surface area contributed by atoms with E-state index in [1.54, 1.807) is 0 Å². The van der Waals surface area contributed by atoms with Crippen LogP contribution in [-0.4, -0.2) is 0 Å². The molecule has 0 saturated carbocycles. The standard InChI is InChI=1S/C35H30NO/c1-19-16-20(2)31(21(3)17-19)27-13-9-12-26-28-14-15-36(6)34-32-22(4)24-10-7-8-11-25(24)23(5)35(32)37-30(33(28)34)18-29(26)27/h7-18H,1-6H3/q+1. The summed E-state index contributed by atoms with van der Waals surface area (Å²) in [7, 11) is 2.15. The summed E-state index contributed by atoms with van der Waals surface area (Å²) in [5.41, 5.74) is 11.4. The van der Waals surface area contributed by atoms with E-state index in [0.29, 0.717) is 0 Å². The molecule has 0 saturated heterocycles. The van der Waals surface area contributed by atoms with Gasteiger partial charge in [0.15, 0.2) is 6.20 Å². The maximum absolute atomic E-state index is 6.89. The van der Waals surface area contributed by atoms with Gasteiger partial charge in [0.05, 0.1) is 10.9 Å². The van der Waals surface area contributed by atoms with Gasteiger partial charge in [0.25, 0.3) is 0 Å². The van der Waals surface area contributed by atoms with Crippen molar-refractivity contribution in [2.75, 3.05) is 0 Å². The number of aromatic nitrogens is 1. The van der Waals surface area contributed by atoms with E-state index in [1.165, 1.54) is 82.5 Å². The van der Waals surface area contributed by atoms with Crippen molar-refractivity contribution in [1.29, 1.82) is 0 Å². The first kappa shape index (κ1) is 22.1. The first-order chi connectivity index (χ1) is 17.8. The Balaban J connectivity index is 1.64. The van der Waals surface area contributed by atoms with Gasteiger partial charge in [-0.15, -0.1) is 0 Å². The predicted molar refractivity (Wildman–Crippen MR) is 155 cm³/mol. The monoisotopic (exact) mass is 480 g/mol. The van der Waals surface area contributed by atoms with Crippen LogP contribution in [0.5, 0.6) is 11.5 Å². The minimum atomic E-state index is 0.939. The zero-order valence-corrected chi connectivity index (χ0v) is 22.3. The molecule has 0 aliphatic carbocycles. The van der Waals surface area contributed by atoms with Crippen LogP contribution in [0.2, 0.25) is 0 Å². The first-order valence-electron chi connectivity index (χ1n) is 13.0. The van der Waals surface area contributed by atoms with Gasteiger partial charge in [-0.25, -0.2) is 4.57 Å². The molecule has 0 bridgehead atoms. The van der Waals surface area contributed by atoms with Gasteiger partial charge in [-0.2, -0.15) is 0 Å². The molecule has 2 nitrogen and oxygen atoms in total. The van der Waals surface area contributed by atoms with Gasteiger partial charge in [-0.3, -0.25) is 0 Å². The lowest BCUT2D eigenvalue weighted by atomic mass is 9.86. The SMILES string of the molecule is Cc1cc(C)c(-c2cccc3c2cc2c4c([n+](C)ccc43)-c3c(c(C)c4ccccc4c3C)O2)c(C)c1. The largest absolute Gasteiger partial charge is 0.455 e. The number of aryl methyl sites for hydroxylation is 6. The lowest BCUT2D eigenvalue weighted by molar-refractivity contribution is -0.659. The minimum Gasteiger partial charge on any atom is -0.455 e. The van der Waals surface area contributed by atoms with Gasteiger partial charge in [0, 0.05) is 17.0 Å². The third-order valence-electron chi connectivity index (χ3n) is 8.31. The van der Waals surface area contributed by atoms with Gasteiger partial charge in [-0.1, -0.05) is 60.2 Å². The van der Waals surface area contributed by atoms with Crippen molar-refractivity contribution < 1.29 is 9.30 Å². The second-order valence-corrected chi connectivity index (χ2v) is 10.7. The molecule has 37 heavy (non-hydrogen) atoms. The Labute approximate surface area is 217 Å². The number of rotatable bonds is 1. The summed E-state index contributed by atoms with van der Waals surface area (Å²) in [6, 6.07) is 24.5. The molecule has 1 aliphatic heterocycles. The number of pyridine rings is 1. The molecule has 180 valence electrons. The van der Waals surface area contributed by atoms with Crippen LogP contribution >= 0.6 is 0 Å². The van der Waals surface area contributed by atoms with Gasteiger partial charge >= 0.3 is 0 Å². The van der Waals surface area contributed by atoms with Crippen molar-refractivity contribution in [2.45, 2.75) is 34.6 Å². The number of benzene rings is 5. The Morgan fingerprint density at radius 2 is 1.30 bits per heavy atom. The smallest absolute Gasteiger partial charge is 0.228 e. The molecule has 6 aromatic rings. The minimum absolute atomic E-state index is 0.939. The molecule has 0 atom stereocenters. The average Bonchev–Trinajstić information content (AvgIpc) is 2.88. The van der Waals surface area contributed by atoms with E-state index >= 15 is 0 Å².